The third-order valence-corrected chi connectivity index (χ3v) is 8.07. The number of amides is 3. The van der Waals surface area contributed by atoms with Crippen LogP contribution in [0.2, 0.25) is 0 Å². The van der Waals surface area contributed by atoms with E-state index in [9.17, 15) is 40.8 Å². The van der Waals surface area contributed by atoms with Crippen LogP contribution < -0.4 is 5.32 Å². The van der Waals surface area contributed by atoms with Crippen LogP contribution in [-0.2, 0) is 54.1 Å². The van der Waals surface area contributed by atoms with Crippen LogP contribution >= 0.6 is 0 Å². The van der Waals surface area contributed by atoms with Crippen molar-refractivity contribution >= 4 is 33.7 Å². The van der Waals surface area contributed by atoms with E-state index in [1.165, 1.54) is 7.11 Å². The van der Waals surface area contributed by atoms with Crippen molar-refractivity contribution in [2.24, 2.45) is 5.11 Å². The number of nitrogens with zero attached hydrogens (tertiary/aromatic N) is 4. The lowest BCUT2D eigenvalue weighted by Crippen LogP contribution is -2.35. The highest BCUT2D eigenvalue weighted by molar-refractivity contribution is 7.91. The summed E-state index contributed by atoms with van der Waals surface area (Å²) in [6.07, 6.45) is -8.26. The molecular weight excluding hydrogens is 675 g/mol. The second kappa shape index (κ2) is 20.4. The number of alkyl halides is 3. The van der Waals surface area contributed by atoms with Crippen molar-refractivity contribution in [2.75, 3.05) is 72.2 Å². The van der Waals surface area contributed by atoms with Gasteiger partial charge in [-0.05, 0) is 36.6 Å². The summed E-state index contributed by atoms with van der Waals surface area (Å²) in [7, 11) is -3.12. The molecule has 1 aromatic carbocycles. The molecule has 1 saturated heterocycles. The molecule has 0 aromatic heterocycles. The molecule has 268 valence electrons. The van der Waals surface area contributed by atoms with E-state index in [4.69, 9.17) is 29.2 Å². The van der Waals surface area contributed by atoms with Gasteiger partial charge in [-0.25, -0.2) is 13.2 Å². The predicted octanol–water partition coefficient (Wildman–Crippen LogP) is 2.58. The molecule has 48 heavy (non-hydrogen) atoms. The van der Waals surface area contributed by atoms with E-state index in [1.807, 2.05) is 0 Å². The van der Waals surface area contributed by atoms with Crippen molar-refractivity contribution in [3.63, 3.8) is 0 Å². The number of benzene rings is 1. The molecule has 3 amide bonds. The maximum atomic E-state index is 13.7. The highest BCUT2D eigenvalue weighted by Crippen LogP contribution is 2.33. The van der Waals surface area contributed by atoms with Gasteiger partial charge in [-0.1, -0.05) is 10.2 Å². The number of hydrogen-bond acceptors (Lipinski definition) is 13. The van der Waals surface area contributed by atoms with E-state index in [-0.39, 0.29) is 90.1 Å². The zero-order valence-electron chi connectivity index (χ0n) is 25.9. The minimum absolute atomic E-state index is 0.0949. The minimum Gasteiger partial charge on any atom is -0.428 e. The van der Waals surface area contributed by atoms with Gasteiger partial charge in [0.25, 0.3) is 17.7 Å². The molecule has 1 aromatic rings. The van der Waals surface area contributed by atoms with Crippen molar-refractivity contribution in [2.45, 2.75) is 42.9 Å². The molecular formula is C27H36F3N5O12S. The van der Waals surface area contributed by atoms with Gasteiger partial charge in [0.05, 0.1) is 61.4 Å². The number of hydroxylamine groups is 2. The van der Waals surface area contributed by atoms with Gasteiger partial charge in [0.15, 0.2) is 9.84 Å². The first-order valence-corrected chi connectivity index (χ1v) is 16.1. The fraction of sp³-hybridized carbons (Fsp3) is 0.630. The number of halogens is 3. The Hall–Kier alpha value is -4.01. The molecule has 1 heterocycles. The van der Waals surface area contributed by atoms with Gasteiger partial charge < -0.3 is 29.0 Å². The molecule has 0 saturated carbocycles. The van der Waals surface area contributed by atoms with Crippen LogP contribution in [0.25, 0.3) is 10.4 Å². The molecule has 21 heteroatoms. The summed E-state index contributed by atoms with van der Waals surface area (Å²) in [5.74, 6) is -3.74. The number of nitrogens with one attached hydrogen (secondary N) is 1. The Labute approximate surface area is 273 Å². The van der Waals surface area contributed by atoms with Crippen LogP contribution in [0.15, 0.2) is 28.2 Å². The van der Waals surface area contributed by atoms with Crippen LogP contribution in [0, 0.1) is 0 Å². The lowest BCUT2D eigenvalue weighted by atomic mass is 10.1. The zero-order chi connectivity index (χ0) is 35.6. The summed E-state index contributed by atoms with van der Waals surface area (Å²) < 4.78 is 93.4. The molecule has 0 radical (unpaired) electrons. The SMILES string of the molecule is COCCCC(CS(=O)(=O)c1ccc(C(F)(F)F)c(C(=O)NCCOCCOCCOCCN=[N+]=[N-])c1)OC(=O)ON1C(=O)CCC1=O. The normalized spacial score (nSPS) is 14.0. The molecule has 1 aliphatic heterocycles. The number of rotatable bonds is 22. The molecule has 2 rings (SSSR count). The van der Waals surface area contributed by atoms with E-state index in [0.29, 0.717) is 18.2 Å². The van der Waals surface area contributed by atoms with E-state index in [1.54, 1.807) is 0 Å². The smallest absolute Gasteiger partial charge is 0.428 e. The van der Waals surface area contributed by atoms with Crippen LogP contribution in [-0.4, -0.2) is 116 Å². The van der Waals surface area contributed by atoms with Gasteiger partial charge >= 0.3 is 12.3 Å². The van der Waals surface area contributed by atoms with Gasteiger partial charge in [0, 0.05) is 44.6 Å². The van der Waals surface area contributed by atoms with E-state index >= 15 is 0 Å². The first-order chi connectivity index (χ1) is 22.8. The molecule has 0 spiro atoms. The monoisotopic (exact) mass is 711 g/mol. The quantitative estimate of drug-likeness (QED) is 0.0458. The van der Waals surface area contributed by atoms with Crippen LogP contribution in [0.4, 0.5) is 18.0 Å². The number of imide groups is 1. The fourth-order valence-electron chi connectivity index (χ4n) is 4.04. The van der Waals surface area contributed by atoms with E-state index in [2.05, 4.69) is 20.2 Å². The Kier molecular flexibility index (Phi) is 17.1. The lowest BCUT2D eigenvalue weighted by Gasteiger charge is -2.20. The number of carbonyl (C=O) groups is 4. The summed E-state index contributed by atoms with van der Waals surface area (Å²) in [5.41, 5.74) is 5.81. The summed E-state index contributed by atoms with van der Waals surface area (Å²) in [6.45, 7) is 1.00. The Bertz CT molecular complexity index is 1390. The van der Waals surface area contributed by atoms with Crippen LogP contribution in [0.5, 0.6) is 0 Å². The number of azide groups is 1. The lowest BCUT2D eigenvalue weighted by molar-refractivity contribution is -0.178. The third kappa shape index (κ3) is 14.0. The van der Waals surface area contributed by atoms with Crippen molar-refractivity contribution in [1.29, 1.82) is 0 Å². The van der Waals surface area contributed by atoms with Gasteiger partial charge in [-0.2, -0.15) is 13.2 Å². The Morgan fingerprint density at radius 3 is 2.25 bits per heavy atom. The summed E-state index contributed by atoms with van der Waals surface area (Å²) in [4.78, 5) is 55.1. The number of ether oxygens (including phenoxy) is 5. The second-order valence-electron chi connectivity index (χ2n) is 9.83. The zero-order valence-corrected chi connectivity index (χ0v) is 26.8. The maximum absolute atomic E-state index is 13.7. The van der Waals surface area contributed by atoms with Crippen LogP contribution in [0.3, 0.4) is 0 Å². The van der Waals surface area contributed by atoms with Crippen molar-refractivity contribution in [3.8, 4) is 0 Å². The van der Waals surface area contributed by atoms with Crippen molar-refractivity contribution < 1.29 is 69.3 Å². The second-order valence-corrected chi connectivity index (χ2v) is 11.9. The molecule has 0 bridgehead atoms. The Balaban J connectivity index is 2.01. The van der Waals surface area contributed by atoms with Gasteiger partial charge in [0.2, 0.25) is 0 Å². The minimum atomic E-state index is -5.00. The highest BCUT2D eigenvalue weighted by atomic mass is 32.2. The van der Waals surface area contributed by atoms with Crippen LogP contribution in [0.1, 0.15) is 41.6 Å². The van der Waals surface area contributed by atoms with Gasteiger partial charge in [-0.3, -0.25) is 19.2 Å². The number of carbonyl (C=O) groups excluding carboxylic acids is 4. The molecule has 1 fully saturated rings. The number of sulfone groups is 1. The Morgan fingerprint density at radius 1 is 1.02 bits per heavy atom. The van der Waals surface area contributed by atoms with Crippen molar-refractivity contribution in [3.05, 3.63) is 39.8 Å². The van der Waals surface area contributed by atoms with Crippen molar-refractivity contribution in [1.82, 2.24) is 10.4 Å². The Morgan fingerprint density at radius 2 is 1.65 bits per heavy atom. The first-order valence-electron chi connectivity index (χ1n) is 14.5. The third-order valence-electron chi connectivity index (χ3n) is 6.29. The van der Waals surface area contributed by atoms with Gasteiger partial charge in [0.1, 0.15) is 6.10 Å². The molecule has 0 aliphatic carbocycles. The summed E-state index contributed by atoms with van der Waals surface area (Å²) in [5, 5.41) is 5.76. The van der Waals surface area contributed by atoms with E-state index < -0.39 is 67.8 Å². The fourth-order valence-corrected chi connectivity index (χ4v) is 5.53. The number of hydrogen-bond donors (Lipinski definition) is 1. The highest BCUT2D eigenvalue weighted by Gasteiger charge is 2.37. The predicted molar refractivity (Wildman–Crippen MR) is 156 cm³/mol. The summed E-state index contributed by atoms with van der Waals surface area (Å²) in [6, 6.07) is 1.70. The standard InChI is InChI=1S/C27H36F3N5O12S/c1-42-10-2-3-19(46-26(39)47-35-23(36)6-7-24(35)37)18-48(40,41)20-4-5-22(27(28,29)30)21(17-20)25(38)32-8-11-43-13-15-45-16-14-44-12-9-33-34-31/h4-5,17,19H,2-3,6-16,18H2,1H3,(H,32,38). The largest absolute Gasteiger partial charge is 0.534 e. The molecule has 1 unspecified atom stereocenters. The summed E-state index contributed by atoms with van der Waals surface area (Å²) >= 11 is 0. The molecule has 1 atom stereocenters. The maximum Gasteiger partial charge on any atom is 0.534 e. The molecule has 1 aliphatic rings. The average molecular weight is 712 g/mol. The topological polar surface area (TPSA) is 222 Å². The molecule has 1 N–H and O–H groups in total. The van der Waals surface area contributed by atoms with E-state index in [0.717, 1.165) is 0 Å². The van der Waals surface area contributed by atoms with Gasteiger partial charge in [-0.15, -0.1) is 0 Å². The first kappa shape index (κ1) is 40.2. The number of methoxy groups -OCH3 is 1. The average Bonchev–Trinajstić information content (AvgIpc) is 3.34. The molecule has 17 nitrogen and oxygen atoms in total.